The summed E-state index contributed by atoms with van der Waals surface area (Å²) in [7, 11) is -3.43. The van der Waals surface area contributed by atoms with Crippen LogP contribution in [0.3, 0.4) is 0 Å². The van der Waals surface area contributed by atoms with Crippen molar-refractivity contribution in [2.24, 2.45) is 0 Å². The van der Waals surface area contributed by atoms with Crippen LogP contribution < -0.4 is 5.56 Å². The molecule has 0 aliphatic heterocycles. The van der Waals surface area contributed by atoms with Gasteiger partial charge in [0.2, 0.25) is 0 Å². The van der Waals surface area contributed by atoms with Gasteiger partial charge in [-0.05, 0) is 35.7 Å². The van der Waals surface area contributed by atoms with Gasteiger partial charge in [0, 0.05) is 17.3 Å². The predicted octanol–water partition coefficient (Wildman–Crippen LogP) is 3.86. The molecule has 0 aliphatic rings. The lowest BCUT2D eigenvalue weighted by Crippen LogP contribution is -2.22. The van der Waals surface area contributed by atoms with Crippen LogP contribution >= 0.6 is 34.7 Å². The topological polar surface area (TPSA) is 69.0 Å². The standard InChI is InChI=1S/C17H15ClN2O3S3/c1-2-8-20-16(21)15-14(7-9-24-15)19-17(20)25-10-11-26(22,23)13-5-3-12(18)4-6-13/h2-7,9H,1,8,10-11H2. The molecular formula is C17H15ClN2O3S3. The van der Waals surface area contributed by atoms with E-state index in [0.29, 0.717) is 26.9 Å². The van der Waals surface area contributed by atoms with Crippen molar-refractivity contribution in [2.45, 2.75) is 16.6 Å². The Kier molecular flexibility index (Phi) is 5.86. The van der Waals surface area contributed by atoms with Gasteiger partial charge >= 0.3 is 0 Å². The number of fused-ring (bicyclic) bond motifs is 1. The van der Waals surface area contributed by atoms with E-state index in [4.69, 9.17) is 11.6 Å². The molecule has 1 aromatic carbocycles. The average Bonchev–Trinajstić information content (AvgIpc) is 3.07. The van der Waals surface area contributed by atoms with Crippen molar-refractivity contribution < 1.29 is 8.42 Å². The molecule has 0 fully saturated rings. The molecule has 0 saturated heterocycles. The normalized spacial score (nSPS) is 11.7. The zero-order valence-electron chi connectivity index (χ0n) is 13.6. The van der Waals surface area contributed by atoms with Gasteiger partial charge in [-0.25, -0.2) is 13.4 Å². The molecule has 3 rings (SSSR count). The zero-order valence-corrected chi connectivity index (χ0v) is 16.8. The number of thiophene rings is 1. The molecule has 26 heavy (non-hydrogen) atoms. The lowest BCUT2D eigenvalue weighted by atomic mass is 10.4. The third-order valence-electron chi connectivity index (χ3n) is 3.60. The van der Waals surface area contributed by atoms with E-state index >= 15 is 0 Å². The number of aromatic nitrogens is 2. The number of thioether (sulfide) groups is 1. The number of hydrogen-bond donors (Lipinski definition) is 0. The summed E-state index contributed by atoms with van der Waals surface area (Å²) in [5, 5.41) is 2.80. The first-order valence-electron chi connectivity index (χ1n) is 7.62. The van der Waals surface area contributed by atoms with Crippen molar-refractivity contribution in [3.8, 4) is 0 Å². The Morgan fingerprint density at radius 3 is 2.69 bits per heavy atom. The maximum absolute atomic E-state index is 12.6. The number of sulfone groups is 1. The van der Waals surface area contributed by atoms with Gasteiger partial charge in [-0.2, -0.15) is 0 Å². The minimum Gasteiger partial charge on any atom is -0.283 e. The van der Waals surface area contributed by atoms with Crippen LogP contribution in [0.15, 0.2) is 63.2 Å². The molecule has 2 heterocycles. The van der Waals surface area contributed by atoms with E-state index in [1.165, 1.54) is 39.8 Å². The van der Waals surface area contributed by atoms with Crippen LogP contribution in [0.25, 0.3) is 10.2 Å². The van der Waals surface area contributed by atoms with Crippen LogP contribution in [0.1, 0.15) is 0 Å². The van der Waals surface area contributed by atoms with Gasteiger partial charge < -0.3 is 0 Å². The number of hydrogen-bond acceptors (Lipinski definition) is 6. The Morgan fingerprint density at radius 2 is 2.00 bits per heavy atom. The molecule has 0 amide bonds. The van der Waals surface area contributed by atoms with Crippen LogP contribution in [0.4, 0.5) is 0 Å². The van der Waals surface area contributed by atoms with Crippen molar-refractivity contribution in [3.05, 3.63) is 63.7 Å². The molecule has 0 saturated carbocycles. The molecule has 2 aromatic heterocycles. The summed E-state index contributed by atoms with van der Waals surface area (Å²) in [5.74, 6) is 0.217. The summed E-state index contributed by atoms with van der Waals surface area (Å²) in [6, 6.07) is 7.87. The summed E-state index contributed by atoms with van der Waals surface area (Å²) in [4.78, 5) is 17.3. The van der Waals surface area contributed by atoms with E-state index in [-0.39, 0.29) is 22.0 Å². The fourth-order valence-corrected chi connectivity index (χ4v) is 5.89. The molecule has 0 N–H and O–H groups in total. The SMILES string of the molecule is C=CCn1c(SCCS(=O)(=O)c2ccc(Cl)cc2)nc2ccsc2c1=O. The van der Waals surface area contributed by atoms with Gasteiger partial charge in [-0.1, -0.05) is 29.4 Å². The summed E-state index contributed by atoms with van der Waals surface area (Å²) in [6.45, 7) is 4.00. The quantitative estimate of drug-likeness (QED) is 0.326. The van der Waals surface area contributed by atoms with Crippen molar-refractivity contribution in [1.82, 2.24) is 9.55 Å². The molecule has 0 spiro atoms. The van der Waals surface area contributed by atoms with Crippen molar-refractivity contribution in [2.75, 3.05) is 11.5 Å². The van der Waals surface area contributed by atoms with Gasteiger partial charge in [0.25, 0.3) is 5.56 Å². The molecule has 0 radical (unpaired) electrons. The summed E-state index contributed by atoms with van der Waals surface area (Å²) < 4.78 is 27.0. The molecule has 9 heteroatoms. The minimum absolute atomic E-state index is 0.0646. The van der Waals surface area contributed by atoms with Gasteiger partial charge in [0.15, 0.2) is 15.0 Å². The smallest absolute Gasteiger partial charge is 0.272 e. The van der Waals surface area contributed by atoms with Gasteiger partial charge in [0.1, 0.15) is 4.70 Å². The minimum atomic E-state index is -3.43. The second-order valence-electron chi connectivity index (χ2n) is 5.36. The van der Waals surface area contributed by atoms with E-state index in [1.54, 1.807) is 24.3 Å². The first-order chi connectivity index (χ1) is 12.4. The fourth-order valence-electron chi connectivity index (χ4n) is 2.33. The number of allylic oxidation sites excluding steroid dienone is 1. The summed E-state index contributed by atoms with van der Waals surface area (Å²) in [6.07, 6.45) is 1.62. The predicted molar refractivity (Wildman–Crippen MR) is 108 cm³/mol. The molecular weight excluding hydrogens is 412 g/mol. The van der Waals surface area contributed by atoms with E-state index < -0.39 is 9.84 Å². The van der Waals surface area contributed by atoms with Crippen molar-refractivity contribution >= 4 is 54.8 Å². The van der Waals surface area contributed by atoms with Crippen LogP contribution in [-0.4, -0.2) is 29.5 Å². The van der Waals surface area contributed by atoms with Crippen molar-refractivity contribution in [3.63, 3.8) is 0 Å². The Balaban J connectivity index is 1.81. The summed E-state index contributed by atoms with van der Waals surface area (Å²) in [5.41, 5.74) is 0.497. The molecule has 3 aromatic rings. The summed E-state index contributed by atoms with van der Waals surface area (Å²) >= 11 is 8.39. The van der Waals surface area contributed by atoms with Crippen LogP contribution in [0.2, 0.25) is 5.02 Å². The fraction of sp³-hybridized carbons (Fsp3) is 0.176. The van der Waals surface area contributed by atoms with E-state index in [0.717, 1.165) is 0 Å². The average molecular weight is 427 g/mol. The van der Waals surface area contributed by atoms with Gasteiger partial charge in [-0.3, -0.25) is 9.36 Å². The largest absolute Gasteiger partial charge is 0.283 e. The zero-order chi connectivity index (χ0) is 18.7. The molecule has 0 aliphatic carbocycles. The number of nitrogens with zero attached hydrogens (tertiary/aromatic N) is 2. The van der Waals surface area contributed by atoms with E-state index in [1.807, 2.05) is 5.38 Å². The first kappa shape index (κ1) is 19.2. The van der Waals surface area contributed by atoms with Gasteiger partial charge in [-0.15, -0.1) is 17.9 Å². The highest BCUT2D eigenvalue weighted by atomic mass is 35.5. The lowest BCUT2D eigenvalue weighted by Gasteiger charge is -2.10. The Morgan fingerprint density at radius 1 is 1.27 bits per heavy atom. The van der Waals surface area contributed by atoms with Gasteiger partial charge in [0.05, 0.1) is 16.2 Å². The highest BCUT2D eigenvalue weighted by Crippen LogP contribution is 2.22. The maximum Gasteiger partial charge on any atom is 0.272 e. The van der Waals surface area contributed by atoms with Crippen LogP contribution in [0.5, 0.6) is 0 Å². The number of benzene rings is 1. The monoisotopic (exact) mass is 426 g/mol. The number of halogens is 1. The van der Waals surface area contributed by atoms with Crippen LogP contribution in [0, 0.1) is 0 Å². The Hall–Kier alpha value is -1.61. The third kappa shape index (κ3) is 4.03. The molecule has 0 bridgehead atoms. The molecule has 0 atom stereocenters. The van der Waals surface area contributed by atoms with Crippen LogP contribution in [-0.2, 0) is 16.4 Å². The Labute approximate surface area is 164 Å². The van der Waals surface area contributed by atoms with Crippen molar-refractivity contribution in [1.29, 1.82) is 0 Å². The Bertz CT molecular complexity index is 1100. The molecule has 5 nitrogen and oxygen atoms in total. The van der Waals surface area contributed by atoms with E-state index in [2.05, 4.69) is 11.6 Å². The first-order valence-corrected chi connectivity index (χ1v) is 11.5. The second-order valence-corrected chi connectivity index (χ2v) is 9.88. The number of rotatable bonds is 7. The molecule has 136 valence electrons. The highest BCUT2D eigenvalue weighted by molar-refractivity contribution is 8.00. The second kappa shape index (κ2) is 7.96. The highest BCUT2D eigenvalue weighted by Gasteiger charge is 2.16. The maximum atomic E-state index is 12.6. The molecule has 0 unspecified atom stereocenters. The lowest BCUT2D eigenvalue weighted by molar-refractivity contribution is 0.597. The van der Waals surface area contributed by atoms with E-state index in [9.17, 15) is 13.2 Å². The third-order valence-corrected chi connectivity index (χ3v) is 7.71.